The predicted octanol–water partition coefficient (Wildman–Crippen LogP) is 5.69. The van der Waals surface area contributed by atoms with E-state index >= 15 is 0 Å². The summed E-state index contributed by atoms with van der Waals surface area (Å²) < 4.78 is 24.6. The van der Waals surface area contributed by atoms with Gasteiger partial charge in [-0.05, 0) is 57.4 Å². The summed E-state index contributed by atoms with van der Waals surface area (Å²) in [6.45, 7) is 8.22. The molecule has 0 N–H and O–H groups in total. The van der Waals surface area contributed by atoms with Crippen LogP contribution in [-0.2, 0) is 9.31 Å². The SMILES string of the molecule is CC1(C)OB(c2ccc3c(c2)oc2cc4nc(-c5ccccc5)oc4cc23)OC1(C)C. The molecular weight excluding hydrogens is 389 g/mol. The van der Waals surface area contributed by atoms with E-state index in [4.69, 9.17) is 18.1 Å². The van der Waals surface area contributed by atoms with Crippen molar-refractivity contribution in [3.63, 3.8) is 0 Å². The standard InChI is InChI=1S/C25H22BNO4/c1-24(2)25(3,4)31-26(30-24)16-10-11-17-18-13-22-19(14-21(18)28-20(17)12-16)27-23(29-22)15-8-6-5-7-9-15/h5-14H,1-4H3. The highest BCUT2D eigenvalue weighted by Gasteiger charge is 2.51. The Bertz CT molecular complexity index is 1430. The molecule has 3 aromatic carbocycles. The highest BCUT2D eigenvalue weighted by atomic mass is 16.7. The van der Waals surface area contributed by atoms with Crippen LogP contribution in [0.3, 0.4) is 0 Å². The molecule has 0 radical (unpaired) electrons. The maximum atomic E-state index is 6.19. The molecule has 1 aliphatic rings. The monoisotopic (exact) mass is 411 g/mol. The van der Waals surface area contributed by atoms with Gasteiger partial charge < -0.3 is 18.1 Å². The zero-order valence-corrected chi connectivity index (χ0v) is 17.9. The molecule has 1 aliphatic heterocycles. The Hall–Kier alpha value is -3.09. The molecule has 0 unspecified atom stereocenters. The number of aromatic nitrogens is 1. The molecule has 5 nitrogen and oxygen atoms in total. The number of rotatable bonds is 2. The normalized spacial score (nSPS) is 17.9. The molecule has 31 heavy (non-hydrogen) atoms. The molecule has 1 saturated heterocycles. The first-order valence-electron chi connectivity index (χ1n) is 10.5. The highest BCUT2D eigenvalue weighted by molar-refractivity contribution is 6.62. The van der Waals surface area contributed by atoms with Crippen LogP contribution in [0.2, 0.25) is 0 Å². The van der Waals surface area contributed by atoms with Crippen LogP contribution < -0.4 is 5.46 Å². The summed E-state index contributed by atoms with van der Waals surface area (Å²) >= 11 is 0. The lowest BCUT2D eigenvalue weighted by atomic mass is 9.79. The van der Waals surface area contributed by atoms with Crippen molar-refractivity contribution in [3.8, 4) is 11.5 Å². The maximum Gasteiger partial charge on any atom is 0.494 e. The fourth-order valence-electron chi connectivity index (χ4n) is 4.04. The third-order valence-corrected chi connectivity index (χ3v) is 6.55. The Morgan fingerprint density at radius 3 is 2.16 bits per heavy atom. The van der Waals surface area contributed by atoms with E-state index in [9.17, 15) is 0 Å². The van der Waals surface area contributed by atoms with Gasteiger partial charge in [-0.1, -0.05) is 30.3 Å². The highest BCUT2D eigenvalue weighted by Crippen LogP contribution is 2.37. The van der Waals surface area contributed by atoms with E-state index in [0.717, 1.165) is 44.1 Å². The molecule has 5 aromatic rings. The third kappa shape index (κ3) is 2.82. The number of nitrogens with zero attached hydrogens (tertiary/aromatic N) is 1. The Morgan fingerprint density at radius 2 is 1.42 bits per heavy atom. The number of oxazole rings is 1. The van der Waals surface area contributed by atoms with Gasteiger partial charge in [-0.15, -0.1) is 0 Å². The Balaban J connectivity index is 1.43. The topological polar surface area (TPSA) is 57.6 Å². The van der Waals surface area contributed by atoms with Crippen molar-refractivity contribution >= 4 is 45.6 Å². The quantitative estimate of drug-likeness (QED) is 0.349. The van der Waals surface area contributed by atoms with E-state index in [1.54, 1.807) is 0 Å². The van der Waals surface area contributed by atoms with Gasteiger partial charge in [-0.25, -0.2) is 4.98 Å². The largest absolute Gasteiger partial charge is 0.494 e. The fraction of sp³-hybridized carbons (Fsp3) is 0.240. The van der Waals surface area contributed by atoms with E-state index in [-0.39, 0.29) is 11.2 Å². The van der Waals surface area contributed by atoms with Gasteiger partial charge in [-0.2, -0.15) is 0 Å². The lowest BCUT2D eigenvalue weighted by Gasteiger charge is -2.32. The summed E-state index contributed by atoms with van der Waals surface area (Å²) in [6.07, 6.45) is 0. The molecule has 0 atom stereocenters. The van der Waals surface area contributed by atoms with Crippen molar-refractivity contribution < 1.29 is 18.1 Å². The number of furan rings is 1. The van der Waals surface area contributed by atoms with Crippen molar-refractivity contribution in [1.29, 1.82) is 0 Å². The molecule has 0 bridgehead atoms. The molecule has 154 valence electrons. The Kier molecular flexibility index (Phi) is 3.74. The van der Waals surface area contributed by atoms with Crippen LogP contribution in [0.15, 0.2) is 69.5 Å². The van der Waals surface area contributed by atoms with Crippen molar-refractivity contribution in [2.75, 3.05) is 0 Å². The van der Waals surface area contributed by atoms with Crippen molar-refractivity contribution in [2.45, 2.75) is 38.9 Å². The van der Waals surface area contributed by atoms with Gasteiger partial charge in [0.2, 0.25) is 5.89 Å². The summed E-state index contributed by atoms with van der Waals surface area (Å²) in [5, 5.41) is 2.02. The van der Waals surface area contributed by atoms with Gasteiger partial charge in [0.1, 0.15) is 16.7 Å². The molecule has 0 aliphatic carbocycles. The summed E-state index contributed by atoms with van der Waals surface area (Å²) in [4.78, 5) is 4.65. The second-order valence-corrected chi connectivity index (χ2v) is 9.15. The summed E-state index contributed by atoms with van der Waals surface area (Å²) in [7, 11) is -0.422. The maximum absolute atomic E-state index is 6.19. The van der Waals surface area contributed by atoms with Crippen LogP contribution >= 0.6 is 0 Å². The fourth-order valence-corrected chi connectivity index (χ4v) is 4.04. The molecule has 1 fully saturated rings. The second-order valence-electron chi connectivity index (χ2n) is 9.15. The van der Waals surface area contributed by atoms with Gasteiger partial charge in [0.15, 0.2) is 5.58 Å². The van der Waals surface area contributed by atoms with Crippen LogP contribution in [0.4, 0.5) is 0 Å². The van der Waals surface area contributed by atoms with Crippen LogP contribution in [-0.4, -0.2) is 23.3 Å². The van der Waals surface area contributed by atoms with Crippen LogP contribution in [0.25, 0.3) is 44.5 Å². The molecule has 6 rings (SSSR count). The average Bonchev–Trinajstić information content (AvgIpc) is 3.37. The van der Waals surface area contributed by atoms with Crippen LogP contribution in [0, 0.1) is 0 Å². The molecule has 0 saturated carbocycles. The average molecular weight is 411 g/mol. The molecule has 2 aromatic heterocycles. The number of hydrogen-bond acceptors (Lipinski definition) is 5. The minimum Gasteiger partial charge on any atom is -0.456 e. The molecule has 0 spiro atoms. The van der Waals surface area contributed by atoms with Gasteiger partial charge in [0.25, 0.3) is 0 Å². The molecule has 3 heterocycles. The Labute approximate surface area is 180 Å². The van der Waals surface area contributed by atoms with Gasteiger partial charge in [-0.3, -0.25) is 0 Å². The first-order valence-corrected chi connectivity index (χ1v) is 10.5. The van der Waals surface area contributed by atoms with Crippen molar-refractivity contribution in [2.24, 2.45) is 0 Å². The molecule has 0 amide bonds. The lowest BCUT2D eigenvalue weighted by molar-refractivity contribution is 0.00578. The third-order valence-electron chi connectivity index (χ3n) is 6.55. The van der Waals surface area contributed by atoms with Gasteiger partial charge >= 0.3 is 7.12 Å². The smallest absolute Gasteiger partial charge is 0.456 e. The first-order chi connectivity index (χ1) is 14.8. The minimum absolute atomic E-state index is 0.382. The van der Waals surface area contributed by atoms with Gasteiger partial charge in [0.05, 0.1) is 11.2 Å². The second kappa shape index (κ2) is 6.22. The van der Waals surface area contributed by atoms with Crippen molar-refractivity contribution in [3.05, 3.63) is 60.7 Å². The summed E-state index contributed by atoms with van der Waals surface area (Å²) in [6, 6.07) is 19.9. The zero-order valence-electron chi connectivity index (χ0n) is 17.9. The number of benzene rings is 3. The summed E-state index contributed by atoms with van der Waals surface area (Å²) in [5.74, 6) is 0.607. The number of hydrogen-bond donors (Lipinski definition) is 0. The minimum atomic E-state index is -0.422. The van der Waals surface area contributed by atoms with Gasteiger partial charge in [0, 0.05) is 22.4 Å². The summed E-state index contributed by atoms with van der Waals surface area (Å²) in [5.41, 5.74) is 4.21. The molecule has 6 heteroatoms. The van der Waals surface area contributed by atoms with Crippen LogP contribution in [0.5, 0.6) is 0 Å². The van der Waals surface area contributed by atoms with E-state index < -0.39 is 7.12 Å². The van der Waals surface area contributed by atoms with E-state index in [2.05, 4.69) is 38.7 Å². The van der Waals surface area contributed by atoms with E-state index in [1.807, 2.05) is 54.6 Å². The number of fused-ring (bicyclic) bond motifs is 4. The molecular formula is C25H22BNO4. The van der Waals surface area contributed by atoms with E-state index in [0.29, 0.717) is 5.89 Å². The van der Waals surface area contributed by atoms with Crippen molar-refractivity contribution in [1.82, 2.24) is 4.98 Å². The van der Waals surface area contributed by atoms with E-state index in [1.165, 1.54) is 0 Å². The zero-order chi connectivity index (χ0) is 21.4. The van der Waals surface area contributed by atoms with Crippen LogP contribution in [0.1, 0.15) is 27.7 Å². The predicted molar refractivity (Wildman–Crippen MR) is 122 cm³/mol. The Morgan fingerprint density at radius 1 is 0.710 bits per heavy atom. The first kappa shape index (κ1) is 18.7. The lowest BCUT2D eigenvalue weighted by Crippen LogP contribution is -2.41.